The summed E-state index contributed by atoms with van der Waals surface area (Å²) in [7, 11) is 0. The molecule has 1 aromatic carbocycles. The lowest BCUT2D eigenvalue weighted by Crippen LogP contribution is -2.52. The van der Waals surface area contributed by atoms with Gasteiger partial charge in [0.15, 0.2) is 0 Å². The molecular weight excluding hydrogens is 272 g/mol. The van der Waals surface area contributed by atoms with Crippen LogP contribution in [0.3, 0.4) is 0 Å². The molecule has 1 aliphatic carbocycles. The molecule has 3 heteroatoms. The van der Waals surface area contributed by atoms with E-state index in [1.54, 1.807) is 0 Å². The number of likely N-dealkylation sites (tertiary alicyclic amines) is 1. The van der Waals surface area contributed by atoms with E-state index in [2.05, 4.69) is 36.1 Å². The lowest BCUT2D eigenvalue weighted by molar-refractivity contribution is -0.125. The van der Waals surface area contributed by atoms with Crippen LogP contribution >= 0.6 is 0 Å². The van der Waals surface area contributed by atoms with Crippen LogP contribution in [0.5, 0.6) is 0 Å². The number of nitrogens with zero attached hydrogens (tertiary/aromatic N) is 1. The second kappa shape index (κ2) is 6.41. The van der Waals surface area contributed by atoms with Crippen LogP contribution in [0, 0.1) is 0 Å². The van der Waals surface area contributed by atoms with E-state index in [0.29, 0.717) is 0 Å². The van der Waals surface area contributed by atoms with Gasteiger partial charge in [-0.25, -0.2) is 0 Å². The SMILES string of the molecule is CCc1ccc(C2(C(N)=O)CCN(C3CCCC3)CC2)cc1. The van der Waals surface area contributed by atoms with Gasteiger partial charge in [0, 0.05) is 6.04 Å². The monoisotopic (exact) mass is 300 g/mol. The van der Waals surface area contributed by atoms with Crippen LogP contribution in [0.2, 0.25) is 0 Å². The zero-order chi connectivity index (χ0) is 15.6. The first kappa shape index (κ1) is 15.5. The molecule has 0 spiro atoms. The van der Waals surface area contributed by atoms with Crippen LogP contribution in [-0.4, -0.2) is 29.9 Å². The van der Waals surface area contributed by atoms with E-state index < -0.39 is 5.41 Å². The standard InChI is InChI=1S/C19H28N2O/c1-2-15-7-9-16(10-8-15)19(18(20)22)11-13-21(14-12-19)17-5-3-4-6-17/h7-10,17H,2-6,11-14H2,1H3,(H2,20,22). The summed E-state index contributed by atoms with van der Waals surface area (Å²) in [6.07, 6.45) is 8.14. The van der Waals surface area contributed by atoms with Crippen LogP contribution in [-0.2, 0) is 16.6 Å². The Morgan fingerprint density at radius 3 is 2.27 bits per heavy atom. The molecule has 1 saturated heterocycles. The lowest BCUT2D eigenvalue weighted by atomic mass is 9.71. The first-order valence-corrected chi connectivity index (χ1v) is 8.79. The van der Waals surface area contributed by atoms with Gasteiger partial charge >= 0.3 is 0 Å². The molecule has 1 amide bonds. The third-order valence-corrected chi connectivity index (χ3v) is 5.88. The molecule has 120 valence electrons. The summed E-state index contributed by atoms with van der Waals surface area (Å²) in [5, 5.41) is 0. The van der Waals surface area contributed by atoms with E-state index >= 15 is 0 Å². The van der Waals surface area contributed by atoms with E-state index in [1.807, 2.05) is 0 Å². The zero-order valence-corrected chi connectivity index (χ0v) is 13.7. The highest BCUT2D eigenvalue weighted by Crippen LogP contribution is 2.37. The van der Waals surface area contributed by atoms with Gasteiger partial charge < -0.3 is 10.6 Å². The fraction of sp³-hybridized carbons (Fsp3) is 0.632. The predicted molar refractivity (Wildman–Crippen MR) is 89.8 cm³/mol. The van der Waals surface area contributed by atoms with Crippen LogP contribution in [0.15, 0.2) is 24.3 Å². The van der Waals surface area contributed by atoms with Crippen LogP contribution in [0.1, 0.15) is 56.6 Å². The molecule has 0 aromatic heterocycles. The average Bonchev–Trinajstić information content (AvgIpc) is 3.09. The van der Waals surface area contributed by atoms with Crippen molar-refractivity contribution in [3.8, 4) is 0 Å². The highest BCUT2D eigenvalue weighted by atomic mass is 16.1. The number of rotatable bonds is 4. The van der Waals surface area contributed by atoms with Crippen molar-refractivity contribution in [2.45, 2.75) is 63.3 Å². The quantitative estimate of drug-likeness (QED) is 0.929. The molecule has 0 radical (unpaired) electrons. The number of nitrogens with two attached hydrogens (primary N) is 1. The Kier molecular flexibility index (Phi) is 4.53. The number of carbonyl (C=O) groups excluding carboxylic acids is 1. The second-order valence-corrected chi connectivity index (χ2v) is 6.97. The maximum Gasteiger partial charge on any atom is 0.228 e. The molecule has 0 unspecified atom stereocenters. The summed E-state index contributed by atoms with van der Waals surface area (Å²) in [5.74, 6) is -0.150. The van der Waals surface area contributed by atoms with Crippen molar-refractivity contribution in [1.82, 2.24) is 4.90 Å². The van der Waals surface area contributed by atoms with Gasteiger partial charge in [0.25, 0.3) is 0 Å². The molecule has 2 fully saturated rings. The molecule has 1 saturated carbocycles. The Labute approximate surface area is 133 Å². The predicted octanol–water partition coefficient (Wildman–Crippen LogP) is 3.01. The maximum atomic E-state index is 12.3. The number of benzene rings is 1. The molecular formula is C19H28N2O. The number of primary amides is 1. The molecule has 0 atom stereocenters. The summed E-state index contributed by atoms with van der Waals surface area (Å²) in [6.45, 7) is 4.16. The van der Waals surface area contributed by atoms with Crippen LogP contribution < -0.4 is 5.73 Å². The topological polar surface area (TPSA) is 46.3 Å². The van der Waals surface area contributed by atoms with Gasteiger partial charge in [-0.3, -0.25) is 4.79 Å². The Hall–Kier alpha value is -1.35. The van der Waals surface area contributed by atoms with Crippen molar-refractivity contribution in [3.63, 3.8) is 0 Å². The van der Waals surface area contributed by atoms with E-state index in [4.69, 9.17) is 5.73 Å². The number of amides is 1. The molecule has 3 nitrogen and oxygen atoms in total. The molecule has 2 N–H and O–H groups in total. The normalized spacial score (nSPS) is 22.8. The summed E-state index contributed by atoms with van der Waals surface area (Å²) in [6, 6.07) is 9.27. The van der Waals surface area contributed by atoms with Crippen LogP contribution in [0.4, 0.5) is 0 Å². The Balaban J connectivity index is 1.77. The van der Waals surface area contributed by atoms with E-state index in [9.17, 15) is 4.79 Å². The van der Waals surface area contributed by atoms with Crippen molar-refractivity contribution in [3.05, 3.63) is 35.4 Å². The fourth-order valence-corrected chi connectivity index (χ4v) is 4.28. The highest BCUT2D eigenvalue weighted by molar-refractivity contribution is 5.87. The number of piperidine rings is 1. The van der Waals surface area contributed by atoms with Crippen molar-refractivity contribution >= 4 is 5.91 Å². The first-order chi connectivity index (χ1) is 10.7. The van der Waals surface area contributed by atoms with Gasteiger partial charge in [-0.15, -0.1) is 0 Å². The molecule has 0 bridgehead atoms. The minimum atomic E-state index is -0.457. The van der Waals surface area contributed by atoms with Crippen molar-refractivity contribution in [1.29, 1.82) is 0 Å². The molecule has 1 aliphatic heterocycles. The Bertz CT molecular complexity index is 509. The third kappa shape index (κ3) is 2.79. The van der Waals surface area contributed by atoms with Crippen molar-refractivity contribution in [2.75, 3.05) is 13.1 Å². The largest absolute Gasteiger partial charge is 0.369 e. The minimum Gasteiger partial charge on any atom is -0.369 e. The third-order valence-electron chi connectivity index (χ3n) is 5.88. The van der Waals surface area contributed by atoms with E-state index in [-0.39, 0.29) is 5.91 Å². The van der Waals surface area contributed by atoms with Gasteiger partial charge in [-0.05, 0) is 56.3 Å². The molecule has 2 aliphatic rings. The summed E-state index contributed by atoms with van der Waals surface area (Å²) >= 11 is 0. The zero-order valence-electron chi connectivity index (χ0n) is 13.7. The maximum absolute atomic E-state index is 12.3. The summed E-state index contributed by atoms with van der Waals surface area (Å²) in [4.78, 5) is 14.9. The fourth-order valence-electron chi connectivity index (χ4n) is 4.28. The second-order valence-electron chi connectivity index (χ2n) is 6.97. The van der Waals surface area contributed by atoms with E-state index in [0.717, 1.165) is 44.0 Å². The number of carbonyl (C=O) groups is 1. The van der Waals surface area contributed by atoms with Gasteiger partial charge in [0.1, 0.15) is 0 Å². The number of hydrogen-bond acceptors (Lipinski definition) is 2. The Morgan fingerprint density at radius 2 is 1.77 bits per heavy atom. The lowest BCUT2D eigenvalue weighted by Gasteiger charge is -2.42. The van der Waals surface area contributed by atoms with Gasteiger partial charge in [-0.2, -0.15) is 0 Å². The number of aryl methyl sites for hydroxylation is 1. The smallest absolute Gasteiger partial charge is 0.228 e. The Morgan fingerprint density at radius 1 is 1.18 bits per heavy atom. The van der Waals surface area contributed by atoms with Crippen molar-refractivity contribution < 1.29 is 4.79 Å². The van der Waals surface area contributed by atoms with Crippen molar-refractivity contribution in [2.24, 2.45) is 5.73 Å². The van der Waals surface area contributed by atoms with Crippen LogP contribution in [0.25, 0.3) is 0 Å². The van der Waals surface area contributed by atoms with Gasteiger partial charge in [0.05, 0.1) is 5.41 Å². The first-order valence-electron chi connectivity index (χ1n) is 8.79. The van der Waals surface area contributed by atoms with Gasteiger partial charge in [-0.1, -0.05) is 44.0 Å². The molecule has 1 aromatic rings. The summed E-state index contributed by atoms with van der Waals surface area (Å²) in [5.41, 5.74) is 7.82. The summed E-state index contributed by atoms with van der Waals surface area (Å²) < 4.78 is 0. The average molecular weight is 300 g/mol. The number of hydrogen-bond donors (Lipinski definition) is 1. The molecule has 22 heavy (non-hydrogen) atoms. The van der Waals surface area contributed by atoms with Gasteiger partial charge in [0.2, 0.25) is 5.91 Å². The molecule has 1 heterocycles. The highest BCUT2D eigenvalue weighted by Gasteiger charge is 2.42. The van der Waals surface area contributed by atoms with E-state index in [1.165, 1.54) is 31.2 Å². The minimum absolute atomic E-state index is 0.150. The molecule has 3 rings (SSSR count).